The van der Waals surface area contributed by atoms with Crippen LogP contribution < -0.4 is 0 Å². The molecule has 0 radical (unpaired) electrons. The van der Waals surface area contributed by atoms with E-state index in [2.05, 4.69) is 0 Å². The summed E-state index contributed by atoms with van der Waals surface area (Å²) in [6.45, 7) is 1.64. The van der Waals surface area contributed by atoms with Crippen LogP contribution in [0.15, 0.2) is 60.2 Å². The number of hydrogen-bond donors (Lipinski definition) is 1. The summed E-state index contributed by atoms with van der Waals surface area (Å²) in [5.74, 6) is 0.0834. The summed E-state index contributed by atoms with van der Waals surface area (Å²) in [6.07, 6.45) is 2.54. The number of Topliss-reactive ketones (excluding diaryl/α,β-unsaturated/α-hetero) is 1. The highest BCUT2D eigenvalue weighted by molar-refractivity contribution is 5.98. The van der Waals surface area contributed by atoms with Gasteiger partial charge in [0.15, 0.2) is 5.78 Å². The van der Waals surface area contributed by atoms with Crippen LogP contribution in [-0.2, 0) is 17.8 Å². The van der Waals surface area contributed by atoms with Crippen LogP contribution in [0.25, 0.3) is 6.08 Å². The summed E-state index contributed by atoms with van der Waals surface area (Å²) in [4.78, 5) is 11.8. The Morgan fingerprint density at radius 2 is 1.60 bits per heavy atom. The lowest BCUT2D eigenvalue weighted by Crippen LogP contribution is -2.01. The molecule has 1 N–H and O–H groups in total. The van der Waals surface area contributed by atoms with Gasteiger partial charge in [-0.15, -0.1) is 0 Å². The SMILES string of the molecule is CC(=O)C(=Cc1ccccc1)Cc1ccc(CO)cc1. The van der Waals surface area contributed by atoms with E-state index in [1.54, 1.807) is 6.92 Å². The van der Waals surface area contributed by atoms with Crippen molar-refractivity contribution >= 4 is 11.9 Å². The lowest BCUT2D eigenvalue weighted by atomic mass is 9.99. The summed E-state index contributed by atoms with van der Waals surface area (Å²) in [5, 5.41) is 9.03. The fourth-order valence-electron chi connectivity index (χ4n) is 2.01. The van der Waals surface area contributed by atoms with Gasteiger partial charge in [-0.25, -0.2) is 0 Å². The highest BCUT2D eigenvalue weighted by Crippen LogP contribution is 2.14. The van der Waals surface area contributed by atoms with E-state index in [0.29, 0.717) is 6.42 Å². The van der Waals surface area contributed by atoms with Gasteiger partial charge in [0.1, 0.15) is 0 Å². The van der Waals surface area contributed by atoms with Crippen LogP contribution in [-0.4, -0.2) is 10.9 Å². The molecule has 0 aromatic heterocycles. The molecule has 102 valence electrons. The zero-order valence-electron chi connectivity index (χ0n) is 11.5. The zero-order chi connectivity index (χ0) is 14.4. The van der Waals surface area contributed by atoms with E-state index in [1.807, 2.05) is 60.7 Å². The van der Waals surface area contributed by atoms with E-state index >= 15 is 0 Å². The second-order valence-corrected chi connectivity index (χ2v) is 4.79. The van der Waals surface area contributed by atoms with Gasteiger partial charge in [-0.2, -0.15) is 0 Å². The third kappa shape index (κ3) is 3.90. The molecule has 0 aliphatic rings. The lowest BCUT2D eigenvalue weighted by molar-refractivity contribution is -0.113. The molecule has 0 bridgehead atoms. The Bertz CT molecular complexity index is 595. The van der Waals surface area contributed by atoms with Gasteiger partial charge in [-0.05, 0) is 35.3 Å². The molecule has 0 aliphatic carbocycles. The Labute approximate surface area is 119 Å². The molecule has 0 spiro atoms. The van der Waals surface area contributed by atoms with Gasteiger partial charge in [-0.3, -0.25) is 4.79 Å². The number of aliphatic hydroxyl groups is 1. The van der Waals surface area contributed by atoms with Gasteiger partial charge in [0, 0.05) is 6.42 Å². The first-order valence-electron chi connectivity index (χ1n) is 6.64. The van der Waals surface area contributed by atoms with Gasteiger partial charge in [0.2, 0.25) is 0 Å². The molecular weight excluding hydrogens is 248 g/mol. The molecule has 2 heteroatoms. The minimum atomic E-state index is 0.0414. The van der Waals surface area contributed by atoms with Crippen molar-refractivity contribution in [2.75, 3.05) is 0 Å². The van der Waals surface area contributed by atoms with E-state index in [0.717, 1.165) is 22.3 Å². The molecule has 0 fully saturated rings. The minimum Gasteiger partial charge on any atom is -0.392 e. The van der Waals surface area contributed by atoms with Gasteiger partial charge in [0.25, 0.3) is 0 Å². The van der Waals surface area contributed by atoms with Gasteiger partial charge in [-0.1, -0.05) is 54.6 Å². The fraction of sp³-hybridized carbons (Fsp3) is 0.167. The van der Waals surface area contributed by atoms with Crippen molar-refractivity contribution in [3.05, 3.63) is 76.9 Å². The molecule has 0 amide bonds. The van der Waals surface area contributed by atoms with Crippen LogP contribution in [0.2, 0.25) is 0 Å². The Hall–Kier alpha value is -2.19. The molecule has 2 rings (SSSR count). The molecule has 0 aliphatic heterocycles. The molecule has 0 saturated heterocycles. The van der Waals surface area contributed by atoms with Crippen LogP contribution in [0.1, 0.15) is 23.6 Å². The maximum Gasteiger partial charge on any atom is 0.156 e. The molecule has 0 atom stereocenters. The van der Waals surface area contributed by atoms with Gasteiger partial charge >= 0.3 is 0 Å². The van der Waals surface area contributed by atoms with Crippen LogP contribution in [0.5, 0.6) is 0 Å². The first-order valence-corrected chi connectivity index (χ1v) is 6.64. The number of hydrogen-bond acceptors (Lipinski definition) is 2. The van der Waals surface area contributed by atoms with E-state index < -0.39 is 0 Å². The second-order valence-electron chi connectivity index (χ2n) is 4.79. The number of carbonyl (C=O) groups is 1. The Morgan fingerprint density at radius 1 is 1.00 bits per heavy atom. The molecule has 2 aromatic carbocycles. The maximum absolute atomic E-state index is 11.8. The number of ketones is 1. The van der Waals surface area contributed by atoms with E-state index in [-0.39, 0.29) is 12.4 Å². The van der Waals surface area contributed by atoms with Crippen LogP contribution in [0.3, 0.4) is 0 Å². The van der Waals surface area contributed by atoms with Crippen molar-refractivity contribution in [2.45, 2.75) is 20.0 Å². The number of carbonyl (C=O) groups excluding carboxylic acids is 1. The van der Waals surface area contributed by atoms with Crippen molar-refractivity contribution < 1.29 is 9.90 Å². The smallest absolute Gasteiger partial charge is 0.156 e. The van der Waals surface area contributed by atoms with Crippen molar-refractivity contribution in [1.82, 2.24) is 0 Å². The Kier molecular flexibility index (Phi) is 4.85. The summed E-state index contributed by atoms with van der Waals surface area (Å²) < 4.78 is 0. The number of allylic oxidation sites excluding steroid dienone is 1. The number of benzene rings is 2. The molecule has 2 aromatic rings. The zero-order valence-corrected chi connectivity index (χ0v) is 11.5. The van der Waals surface area contributed by atoms with Crippen molar-refractivity contribution in [3.8, 4) is 0 Å². The minimum absolute atomic E-state index is 0.0414. The largest absolute Gasteiger partial charge is 0.392 e. The van der Waals surface area contributed by atoms with Crippen LogP contribution in [0.4, 0.5) is 0 Å². The topological polar surface area (TPSA) is 37.3 Å². The molecule has 20 heavy (non-hydrogen) atoms. The monoisotopic (exact) mass is 266 g/mol. The summed E-state index contributed by atoms with van der Waals surface area (Å²) in [5.41, 5.74) is 3.77. The predicted molar refractivity (Wildman–Crippen MR) is 81.2 cm³/mol. The third-order valence-corrected chi connectivity index (χ3v) is 3.19. The molecule has 0 unspecified atom stereocenters. The highest BCUT2D eigenvalue weighted by Gasteiger charge is 2.06. The van der Waals surface area contributed by atoms with Gasteiger partial charge in [0.05, 0.1) is 6.61 Å². The maximum atomic E-state index is 11.8. The van der Waals surface area contributed by atoms with Crippen molar-refractivity contribution in [1.29, 1.82) is 0 Å². The molecule has 0 saturated carbocycles. The Morgan fingerprint density at radius 3 is 2.15 bits per heavy atom. The normalized spacial score (nSPS) is 11.4. The number of rotatable bonds is 5. The predicted octanol–water partition coefficient (Wildman–Crippen LogP) is 3.39. The lowest BCUT2D eigenvalue weighted by Gasteiger charge is -2.06. The first-order chi connectivity index (χ1) is 9.69. The van der Waals surface area contributed by atoms with E-state index in [4.69, 9.17) is 5.11 Å². The van der Waals surface area contributed by atoms with E-state index in [9.17, 15) is 4.79 Å². The standard InChI is InChI=1S/C18H18O2/c1-14(20)18(11-15-5-3-2-4-6-15)12-16-7-9-17(13-19)10-8-16/h2-11,19H,12-13H2,1H3. The average molecular weight is 266 g/mol. The third-order valence-electron chi connectivity index (χ3n) is 3.19. The average Bonchev–Trinajstić information content (AvgIpc) is 2.48. The van der Waals surface area contributed by atoms with Crippen LogP contribution >= 0.6 is 0 Å². The van der Waals surface area contributed by atoms with Gasteiger partial charge < -0.3 is 5.11 Å². The van der Waals surface area contributed by atoms with Crippen molar-refractivity contribution in [2.24, 2.45) is 0 Å². The molecular formula is C18H18O2. The summed E-state index contributed by atoms with van der Waals surface area (Å²) >= 11 is 0. The highest BCUT2D eigenvalue weighted by atomic mass is 16.3. The molecule has 2 nitrogen and oxygen atoms in total. The van der Waals surface area contributed by atoms with Crippen molar-refractivity contribution in [3.63, 3.8) is 0 Å². The quantitative estimate of drug-likeness (QED) is 0.842. The summed E-state index contributed by atoms with van der Waals surface area (Å²) in [7, 11) is 0. The first kappa shape index (κ1) is 14.2. The van der Waals surface area contributed by atoms with Crippen LogP contribution in [0, 0.1) is 0 Å². The fourth-order valence-corrected chi connectivity index (χ4v) is 2.01. The number of aliphatic hydroxyl groups excluding tert-OH is 1. The van der Waals surface area contributed by atoms with E-state index in [1.165, 1.54) is 0 Å². The summed E-state index contributed by atoms with van der Waals surface area (Å²) in [6, 6.07) is 17.5. The Balaban J connectivity index is 2.21. The second kappa shape index (κ2) is 6.83. The molecule has 0 heterocycles.